The number of pyridine rings is 1. The van der Waals surface area contributed by atoms with Crippen molar-refractivity contribution in [1.82, 2.24) is 10.1 Å². The largest absolute Gasteiger partial charge is 0.336 e. The van der Waals surface area contributed by atoms with Crippen molar-refractivity contribution in [1.29, 1.82) is 0 Å². The Hall–Kier alpha value is -3.22. The average Bonchev–Trinajstić information content (AvgIpc) is 2.91. The summed E-state index contributed by atoms with van der Waals surface area (Å²) in [6, 6.07) is 7.04. The highest BCUT2D eigenvalue weighted by Crippen LogP contribution is 2.26. The molecule has 0 aliphatic rings. The standard InChI is InChI=1S/C18H18N4O3/c1-9-8-13(16-11(3)22-25-18(16)19-9)17(24)21-15-7-5-6-14(10(15)2)20-12(4)23/h5-8H,1-4H3,(H,20,23)(H,21,24). The van der Waals surface area contributed by atoms with Crippen LogP contribution in [-0.2, 0) is 4.79 Å². The maximum atomic E-state index is 12.8. The van der Waals surface area contributed by atoms with Crippen LogP contribution in [-0.4, -0.2) is 22.0 Å². The molecule has 0 radical (unpaired) electrons. The van der Waals surface area contributed by atoms with Gasteiger partial charge in [0.05, 0.1) is 16.6 Å². The van der Waals surface area contributed by atoms with Crippen LogP contribution in [0.5, 0.6) is 0 Å². The van der Waals surface area contributed by atoms with E-state index in [1.165, 1.54) is 6.92 Å². The minimum Gasteiger partial charge on any atom is -0.336 e. The van der Waals surface area contributed by atoms with Gasteiger partial charge in [0, 0.05) is 24.0 Å². The number of anilines is 2. The van der Waals surface area contributed by atoms with Crippen molar-refractivity contribution >= 4 is 34.3 Å². The second-order valence-corrected chi connectivity index (χ2v) is 5.87. The molecule has 128 valence electrons. The van der Waals surface area contributed by atoms with Crippen LogP contribution in [0.2, 0.25) is 0 Å². The highest BCUT2D eigenvalue weighted by molar-refractivity contribution is 6.12. The molecule has 0 saturated heterocycles. The molecule has 1 aromatic carbocycles. The number of hydrogen-bond donors (Lipinski definition) is 2. The Morgan fingerprint density at radius 3 is 2.44 bits per heavy atom. The molecule has 0 spiro atoms. The molecule has 0 aliphatic carbocycles. The van der Waals surface area contributed by atoms with Gasteiger partial charge in [-0.05, 0) is 44.5 Å². The number of aryl methyl sites for hydroxylation is 2. The number of fused-ring (bicyclic) bond motifs is 1. The lowest BCUT2D eigenvalue weighted by Gasteiger charge is -2.13. The van der Waals surface area contributed by atoms with Gasteiger partial charge in [0.15, 0.2) is 0 Å². The van der Waals surface area contributed by atoms with Crippen molar-refractivity contribution in [3.63, 3.8) is 0 Å². The second kappa shape index (κ2) is 6.35. The van der Waals surface area contributed by atoms with E-state index in [2.05, 4.69) is 20.8 Å². The molecule has 2 N–H and O–H groups in total. The van der Waals surface area contributed by atoms with Gasteiger partial charge >= 0.3 is 0 Å². The highest BCUT2D eigenvalue weighted by atomic mass is 16.5. The van der Waals surface area contributed by atoms with Gasteiger partial charge in [0.2, 0.25) is 5.91 Å². The number of aromatic nitrogens is 2. The first-order valence-corrected chi connectivity index (χ1v) is 7.79. The number of benzene rings is 1. The average molecular weight is 338 g/mol. The summed E-state index contributed by atoms with van der Waals surface area (Å²) in [5.74, 6) is -0.456. The number of amides is 2. The molecule has 2 aromatic heterocycles. The number of rotatable bonds is 3. The lowest BCUT2D eigenvalue weighted by molar-refractivity contribution is -0.114. The Morgan fingerprint density at radius 2 is 1.76 bits per heavy atom. The monoisotopic (exact) mass is 338 g/mol. The van der Waals surface area contributed by atoms with Gasteiger partial charge in [0.25, 0.3) is 11.6 Å². The van der Waals surface area contributed by atoms with Gasteiger partial charge in [-0.2, -0.15) is 0 Å². The summed E-state index contributed by atoms with van der Waals surface area (Å²) in [6.07, 6.45) is 0. The summed E-state index contributed by atoms with van der Waals surface area (Å²) in [6.45, 7) is 6.83. The van der Waals surface area contributed by atoms with Crippen LogP contribution in [0.3, 0.4) is 0 Å². The molecule has 7 nitrogen and oxygen atoms in total. The molecule has 0 aliphatic heterocycles. The number of carbonyl (C=O) groups is 2. The predicted molar refractivity (Wildman–Crippen MR) is 94.7 cm³/mol. The van der Waals surface area contributed by atoms with E-state index in [9.17, 15) is 9.59 Å². The maximum Gasteiger partial charge on any atom is 0.258 e. The van der Waals surface area contributed by atoms with E-state index in [-0.39, 0.29) is 11.8 Å². The van der Waals surface area contributed by atoms with Gasteiger partial charge in [-0.15, -0.1) is 0 Å². The Bertz CT molecular complexity index is 991. The molecule has 2 heterocycles. The third-order valence-corrected chi connectivity index (χ3v) is 3.88. The van der Waals surface area contributed by atoms with E-state index in [0.717, 1.165) is 5.56 Å². The first-order valence-electron chi connectivity index (χ1n) is 7.79. The fourth-order valence-electron chi connectivity index (χ4n) is 2.68. The van der Waals surface area contributed by atoms with E-state index in [1.807, 2.05) is 6.92 Å². The number of nitrogens with one attached hydrogen (secondary N) is 2. The first-order chi connectivity index (χ1) is 11.9. The minimum absolute atomic E-state index is 0.168. The third kappa shape index (κ3) is 3.21. The van der Waals surface area contributed by atoms with Crippen molar-refractivity contribution in [3.05, 3.63) is 46.8 Å². The van der Waals surface area contributed by atoms with Crippen LogP contribution < -0.4 is 10.6 Å². The van der Waals surface area contributed by atoms with Crippen molar-refractivity contribution in [2.45, 2.75) is 27.7 Å². The van der Waals surface area contributed by atoms with E-state index < -0.39 is 0 Å². The normalized spacial score (nSPS) is 10.7. The molecule has 0 saturated carbocycles. The zero-order valence-electron chi connectivity index (χ0n) is 14.4. The SMILES string of the molecule is CC(=O)Nc1cccc(NC(=O)c2cc(C)nc3onc(C)c23)c1C. The molecule has 3 aromatic rings. The van der Waals surface area contributed by atoms with E-state index in [4.69, 9.17) is 4.52 Å². The zero-order chi connectivity index (χ0) is 18.1. The summed E-state index contributed by atoms with van der Waals surface area (Å²) >= 11 is 0. The van der Waals surface area contributed by atoms with Crippen molar-refractivity contribution in [2.24, 2.45) is 0 Å². The lowest BCUT2D eigenvalue weighted by atomic mass is 10.1. The molecule has 2 amide bonds. The molecule has 7 heteroatoms. The van der Waals surface area contributed by atoms with Crippen molar-refractivity contribution in [2.75, 3.05) is 10.6 Å². The Balaban J connectivity index is 1.99. The summed E-state index contributed by atoms with van der Waals surface area (Å²) in [5.41, 5.74) is 4.11. The molecule has 25 heavy (non-hydrogen) atoms. The quantitative estimate of drug-likeness (QED) is 0.763. The number of hydrogen-bond acceptors (Lipinski definition) is 5. The van der Waals surface area contributed by atoms with Crippen molar-refractivity contribution in [3.8, 4) is 0 Å². The minimum atomic E-state index is -0.287. The molecule has 0 unspecified atom stereocenters. The smallest absolute Gasteiger partial charge is 0.258 e. The van der Waals surface area contributed by atoms with Crippen LogP contribution in [0.4, 0.5) is 11.4 Å². The summed E-state index contributed by atoms with van der Waals surface area (Å²) < 4.78 is 5.17. The summed E-state index contributed by atoms with van der Waals surface area (Å²) in [7, 11) is 0. The Labute approximate surface area is 144 Å². The third-order valence-electron chi connectivity index (χ3n) is 3.88. The zero-order valence-corrected chi connectivity index (χ0v) is 14.4. The van der Waals surface area contributed by atoms with Crippen LogP contribution in [0, 0.1) is 20.8 Å². The summed E-state index contributed by atoms with van der Waals surface area (Å²) in [5, 5.41) is 10.1. The van der Waals surface area contributed by atoms with Crippen LogP contribution >= 0.6 is 0 Å². The fourth-order valence-corrected chi connectivity index (χ4v) is 2.68. The molecule has 0 bridgehead atoms. The predicted octanol–water partition coefficient (Wildman–Crippen LogP) is 3.36. The number of carbonyl (C=O) groups excluding carboxylic acids is 2. The highest BCUT2D eigenvalue weighted by Gasteiger charge is 2.18. The molecular formula is C18H18N4O3. The van der Waals surface area contributed by atoms with Crippen LogP contribution in [0.15, 0.2) is 28.8 Å². The first kappa shape index (κ1) is 16.6. The van der Waals surface area contributed by atoms with Gasteiger partial charge in [-0.3, -0.25) is 9.59 Å². The molecule has 3 rings (SSSR count). The maximum absolute atomic E-state index is 12.8. The summed E-state index contributed by atoms with van der Waals surface area (Å²) in [4.78, 5) is 28.4. The van der Waals surface area contributed by atoms with Gasteiger partial charge in [-0.1, -0.05) is 11.2 Å². The topological polar surface area (TPSA) is 97.1 Å². The molecule has 0 atom stereocenters. The molecular weight excluding hydrogens is 320 g/mol. The van der Waals surface area contributed by atoms with E-state index in [0.29, 0.717) is 39.4 Å². The van der Waals surface area contributed by atoms with Crippen LogP contribution in [0.25, 0.3) is 11.1 Å². The fraction of sp³-hybridized carbons (Fsp3) is 0.222. The molecule has 0 fully saturated rings. The van der Waals surface area contributed by atoms with Gasteiger partial charge in [-0.25, -0.2) is 4.98 Å². The second-order valence-electron chi connectivity index (χ2n) is 5.87. The van der Waals surface area contributed by atoms with Crippen LogP contribution in [0.1, 0.15) is 34.2 Å². The Kier molecular flexibility index (Phi) is 4.22. The lowest BCUT2D eigenvalue weighted by Crippen LogP contribution is -2.15. The Morgan fingerprint density at radius 1 is 1.08 bits per heavy atom. The van der Waals surface area contributed by atoms with Gasteiger partial charge < -0.3 is 15.2 Å². The van der Waals surface area contributed by atoms with E-state index >= 15 is 0 Å². The number of nitrogens with zero attached hydrogens (tertiary/aromatic N) is 2. The van der Waals surface area contributed by atoms with Crippen molar-refractivity contribution < 1.29 is 14.1 Å². The van der Waals surface area contributed by atoms with Gasteiger partial charge in [0.1, 0.15) is 0 Å². The van der Waals surface area contributed by atoms with E-state index in [1.54, 1.807) is 38.1 Å².